The highest BCUT2D eigenvalue weighted by molar-refractivity contribution is 6.04. The standard InChI is InChI=1S/C15H21N5O2/c1-10(9-16)20(2)13(21)7-8-17-15(22)14-11-5-3-4-6-12(11)18-19-14/h3-6,10H,7-9,16H2,1-2H3,(H,17,22)(H,18,19). The van der Waals surface area contributed by atoms with Gasteiger partial charge in [-0.2, -0.15) is 5.10 Å². The van der Waals surface area contributed by atoms with Crippen LogP contribution in [0, 0.1) is 0 Å². The maximum atomic E-state index is 12.1. The van der Waals surface area contributed by atoms with E-state index in [1.165, 1.54) is 0 Å². The van der Waals surface area contributed by atoms with Gasteiger partial charge in [-0.1, -0.05) is 18.2 Å². The van der Waals surface area contributed by atoms with E-state index >= 15 is 0 Å². The van der Waals surface area contributed by atoms with E-state index in [0.717, 1.165) is 10.9 Å². The zero-order valence-electron chi connectivity index (χ0n) is 12.8. The highest BCUT2D eigenvalue weighted by Crippen LogP contribution is 2.14. The number of hydrogen-bond donors (Lipinski definition) is 3. The number of aromatic nitrogens is 2. The smallest absolute Gasteiger partial charge is 0.272 e. The molecule has 2 amide bonds. The zero-order chi connectivity index (χ0) is 16.1. The van der Waals surface area contributed by atoms with Crippen LogP contribution in [0.15, 0.2) is 24.3 Å². The van der Waals surface area contributed by atoms with Crippen LogP contribution in [0.2, 0.25) is 0 Å². The van der Waals surface area contributed by atoms with E-state index in [4.69, 9.17) is 5.73 Å². The van der Waals surface area contributed by atoms with Crippen molar-refractivity contribution >= 4 is 22.7 Å². The van der Waals surface area contributed by atoms with Crippen molar-refractivity contribution in [1.82, 2.24) is 20.4 Å². The summed E-state index contributed by atoms with van der Waals surface area (Å²) >= 11 is 0. The number of nitrogens with zero attached hydrogens (tertiary/aromatic N) is 2. The molecule has 0 radical (unpaired) electrons. The predicted octanol–water partition coefficient (Wildman–Crippen LogP) is 0.488. The molecule has 2 rings (SSSR count). The molecular weight excluding hydrogens is 282 g/mol. The number of nitrogens with one attached hydrogen (secondary N) is 2. The van der Waals surface area contributed by atoms with Crippen molar-refractivity contribution in [2.75, 3.05) is 20.1 Å². The molecule has 4 N–H and O–H groups in total. The number of fused-ring (bicyclic) bond motifs is 1. The average molecular weight is 303 g/mol. The van der Waals surface area contributed by atoms with Gasteiger partial charge >= 0.3 is 0 Å². The fraction of sp³-hybridized carbons (Fsp3) is 0.400. The second-order valence-corrected chi connectivity index (χ2v) is 5.21. The number of amides is 2. The first-order chi connectivity index (χ1) is 10.5. The van der Waals surface area contributed by atoms with Crippen molar-refractivity contribution in [3.63, 3.8) is 0 Å². The van der Waals surface area contributed by atoms with Crippen molar-refractivity contribution in [2.45, 2.75) is 19.4 Å². The van der Waals surface area contributed by atoms with Crippen LogP contribution in [0.5, 0.6) is 0 Å². The molecule has 0 aliphatic heterocycles. The molecule has 0 saturated carbocycles. The van der Waals surface area contributed by atoms with Crippen LogP contribution in [0.4, 0.5) is 0 Å². The van der Waals surface area contributed by atoms with Gasteiger partial charge in [-0.3, -0.25) is 14.7 Å². The minimum Gasteiger partial charge on any atom is -0.350 e. The van der Waals surface area contributed by atoms with Gasteiger partial charge in [0.15, 0.2) is 5.69 Å². The number of hydrogen-bond acceptors (Lipinski definition) is 4. The minimum absolute atomic E-state index is 0.0153. The average Bonchev–Trinajstić information content (AvgIpc) is 2.97. The van der Waals surface area contributed by atoms with Crippen LogP contribution in [0.25, 0.3) is 10.9 Å². The Bertz CT molecular complexity index is 667. The Labute approximate surface area is 128 Å². The molecule has 0 spiro atoms. The maximum absolute atomic E-state index is 12.1. The summed E-state index contributed by atoms with van der Waals surface area (Å²) in [4.78, 5) is 25.6. The molecule has 118 valence electrons. The number of aromatic amines is 1. The molecular formula is C15H21N5O2. The largest absolute Gasteiger partial charge is 0.350 e. The predicted molar refractivity (Wildman–Crippen MR) is 84.3 cm³/mol. The normalized spacial score (nSPS) is 12.1. The van der Waals surface area contributed by atoms with Crippen LogP contribution >= 0.6 is 0 Å². The number of H-pyrrole nitrogens is 1. The summed E-state index contributed by atoms with van der Waals surface area (Å²) in [7, 11) is 1.71. The summed E-state index contributed by atoms with van der Waals surface area (Å²) in [5.41, 5.74) is 6.67. The third kappa shape index (κ3) is 3.43. The fourth-order valence-electron chi connectivity index (χ4n) is 2.08. The van der Waals surface area contributed by atoms with E-state index in [1.807, 2.05) is 31.2 Å². The SMILES string of the molecule is CC(CN)N(C)C(=O)CCNC(=O)c1n[nH]c2ccccc12. The lowest BCUT2D eigenvalue weighted by atomic mass is 10.2. The number of carbonyl (C=O) groups is 2. The van der Waals surface area contributed by atoms with Gasteiger partial charge in [0.1, 0.15) is 0 Å². The third-order valence-electron chi connectivity index (χ3n) is 3.71. The zero-order valence-corrected chi connectivity index (χ0v) is 12.8. The summed E-state index contributed by atoms with van der Waals surface area (Å²) < 4.78 is 0. The van der Waals surface area contributed by atoms with Crippen LogP contribution in [-0.2, 0) is 4.79 Å². The first kappa shape index (κ1) is 16.0. The highest BCUT2D eigenvalue weighted by Gasteiger charge is 2.16. The van der Waals surface area contributed by atoms with Crippen molar-refractivity contribution in [1.29, 1.82) is 0 Å². The van der Waals surface area contributed by atoms with Gasteiger partial charge in [-0.25, -0.2) is 0 Å². The van der Waals surface area contributed by atoms with Crippen LogP contribution < -0.4 is 11.1 Å². The molecule has 1 atom stereocenters. The van der Waals surface area contributed by atoms with E-state index in [-0.39, 0.29) is 30.8 Å². The van der Waals surface area contributed by atoms with Crippen LogP contribution in [-0.4, -0.2) is 53.1 Å². The Morgan fingerprint density at radius 2 is 2.14 bits per heavy atom. The first-order valence-corrected chi connectivity index (χ1v) is 7.21. The summed E-state index contributed by atoms with van der Waals surface area (Å²) in [6.07, 6.45) is 0.231. The van der Waals surface area contributed by atoms with Crippen molar-refractivity contribution in [2.24, 2.45) is 5.73 Å². The molecule has 7 nitrogen and oxygen atoms in total. The summed E-state index contributed by atoms with van der Waals surface area (Å²) in [5.74, 6) is -0.343. The van der Waals surface area contributed by atoms with Gasteiger partial charge in [0.25, 0.3) is 5.91 Å². The molecule has 7 heteroatoms. The number of carbonyl (C=O) groups excluding carboxylic acids is 2. The Hall–Kier alpha value is -2.41. The number of benzene rings is 1. The number of rotatable bonds is 6. The lowest BCUT2D eigenvalue weighted by Crippen LogP contribution is -2.41. The van der Waals surface area contributed by atoms with Crippen LogP contribution in [0.3, 0.4) is 0 Å². The fourth-order valence-corrected chi connectivity index (χ4v) is 2.08. The number of likely N-dealkylation sites (N-methyl/N-ethyl adjacent to an activating group) is 1. The van der Waals surface area contributed by atoms with E-state index in [0.29, 0.717) is 12.2 Å². The summed E-state index contributed by atoms with van der Waals surface area (Å²) in [5, 5.41) is 10.3. The lowest BCUT2D eigenvalue weighted by molar-refractivity contribution is -0.131. The molecule has 1 aromatic carbocycles. The molecule has 0 bridgehead atoms. The lowest BCUT2D eigenvalue weighted by Gasteiger charge is -2.23. The highest BCUT2D eigenvalue weighted by atomic mass is 16.2. The van der Waals surface area contributed by atoms with Gasteiger partial charge in [0.05, 0.1) is 5.52 Å². The third-order valence-corrected chi connectivity index (χ3v) is 3.71. The quantitative estimate of drug-likeness (QED) is 0.722. The second kappa shape index (κ2) is 7.04. The molecule has 22 heavy (non-hydrogen) atoms. The molecule has 2 aromatic rings. The molecule has 1 unspecified atom stereocenters. The van der Waals surface area contributed by atoms with E-state index < -0.39 is 0 Å². The van der Waals surface area contributed by atoms with Gasteiger partial charge in [0.2, 0.25) is 5.91 Å². The van der Waals surface area contributed by atoms with Crippen molar-refractivity contribution < 1.29 is 9.59 Å². The van der Waals surface area contributed by atoms with E-state index in [9.17, 15) is 9.59 Å². The maximum Gasteiger partial charge on any atom is 0.272 e. The van der Waals surface area contributed by atoms with Gasteiger partial charge in [-0.15, -0.1) is 0 Å². The van der Waals surface area contributed by atoms with Gasteiger partial charge in [0, 0.05) is 38.0 Å². The number of para-hydroxylation sites is 1. The Kier molecular flexibility index (Phi) is 5.11. The van der Waals surface area contributed by atoms with Crippen molar-refractivity contribution in [3.8, 4) is 0 Å². The summed E-state index contributed by atoms with van der Waals surface area (Å²) in [6.45, 7) is 2.56. The van der Waals surface area contributed by atoms with Gasteiger partial charge in [-0.05, 0) is 13.0 Å². The van der Waals surface area contributed by atoms with E-state index in [1.54, 1.807) is 11.9 Å². The molecule has 0 fully saturated rings. The Morgan fingerprint density at radius 3 is 2.86 bits per heavy atom. The minimum atomic E-state index is -0.292. The molecule has 0 aliphatic carbocycles. The Balaban J connectivity index is 1.90. The van der Waals surface area contributed by atoms with Crippen molar-refractivity contribution in [3.05, 3.63) is 30.0 Å². The molecule has 0 saturated heterocycles. The van der Waals surface area contributed by atoms with E-state index in [2.05, 4.69) is 15.5 Å². The van der Waals surface area contributed by atoms with Gasteiger partial charge < -0.3 is 16.0 Å². The monoisotopic (exact) mass is 303 g/mol. The molecule has 1 heterocycles. The Morgan fingerprint density at radius 1 is 1.41 bits per heavy atom. The molecule has 0 aliphatic rings. The second-order valence-electron chi connectivity index (χ2n) is 5.21. The molecule has 1 aromatic heterocycles. The van der Waals surface area contributed by atoms with Crippen LogP contribution in [0.1, 0.15) is 23.8 Å². The number of nitrogens with two attached hydrogens (primary N) is 1. The summed E-state index contributed by atoms with van der Waals surface area (Å²) in [6, 6.07) is 7.39. The first-order valence-electron chi connectivity index (χ1n) is 7.21. The topological polar surface area (TPSA) is 104 Å².